The van der Waals surface area contributed by atoms with Gasteiger partial charge in [-0.05, 0) is 12.1 Å². The minimum atomic E-state index is -2.17. The van der Waals surface area contributed by atoms with Gasteiger partial charge in [-0.25, -0.2) is 14.4 Å². The minimum absolute atomic E-state index is 0.271. The molecule has 0 radical (unpaired) electrons. The molecule has 0 atom stereocenters. The van der Waals surface area contributed by atoms with Crippen LogP contribution in [-0.4, -0.2) is 50.5 Å². The molecule has 0 aromatic heterocycles. The van der Waals surface area contributed by atoms with Crippen LogP contribution in [0.4, 0.5) is 0 Å². The van der Waals surface area contributed by atoms with E-state index in [4.69, 9.17) is 25.3 Å². The Morgan fingerprint density at radius 1 is 1.00 bits per heavy atom. The lowest BCUT2D eigenvalue weighted by atomic mass is 10.2. The van der Waals surface area contributed by atoms with Gasteiger partial charge in [-0.1, -0.05) is 12.1 Å². The number of hydrogen-bond donors (Lipinski definition) is 5. The van der Waals surface area contributed by atoms with E-state index in [2.05, 4.69) is 4.74 Å². The van der Waals surface area contributed by atoms with Crippen LogP contribution in [0.1, 0.15) is 10.4 Å². The zero-order valence-corrected chi connectivity index (χ0v) is 9.26. The zero-order valence-electron chi connectivity index (χ0n) is 9.26. The standard InChI is InChI=1S/C9H6O6.BH3O3/c10-7(11)5-3-1-2-4-6(5)15-9(14)8(12)13;2-1(3)4/h1-4H,(H,10,11)(H,12,13);2-4H. The third-order valence-corrected chi connectivity index (χ3v) is 1.49. The number of rotatable bonds is 2. The van der Waals surface area contributed by atoms with Gasteiger partial charge in [0.05, 0.1) is 0 Å². The van der Waals surface area contributed by atoms with Gasteiger partial charge in [-0.3, -0.25) is 0 Å². The van der Waals surface area contributed by atoms with Crippen molar-refractivity contribution in [2.45, 2.75) is 0 Å². The Morgan fingerprint density at radius 2 is 1.47 bits per heavy atom. The smallest absolute Gasteiger partial charge is 0.478 e. The SMILES string of the molecule is O=C(O)C(=O)Oc1ccccc1C(=O)O.OB(O)O. The lowest BCUT2D eigenvalue weighted by molar-refractivity contribution is -0.158. The van der Waals surface area contributed by atoms with Crippen molar-refractivity contribution in [1.29, 1.82) is 0 Å². The summed E-state index contributed by atoms with van der Waals surface area (Å²) >= 11 is 0. The normalized spacial score (nSPS) is 8.79. The van der Waals surface area contributed by atoms with E-state index in [1.807, 2.05) is 0 Å². The monoisotopic (exact) mass is 272 g/mol. The molecule has 0 aliphatic carbocycles. The number of hydrogen-bond acceptors (Lipinski definition) is 7. The van der Waals surface area contributed by atoms with Crippen molar-refractivity contribution < 1.29 is 44.4 Å². The van der Waals surface area contributed by atoms with E-state index < -0.39 is 25.2 Å². The van der Waals surface area contributed by atoms with Gasteiger partial charge in [-0.15, -0.1) is 0 Å². The molecule has 1 rings (SSSR count). The predicted molar refractivity (Wildman–Crippen MR) is 59.1 cm³/mol. The number of carbonyl (C=O) groups is 3. The molecule has 0 bridgehead atoms. The fourth-order valence-corrected chi connectivity index (χ4v) is 0.876. The molecule has 0 heterocycles. The summed E-state index contributed by atoms with van der Waals surface area (Å²) in [6, 6.07) is 5.26. The highest BCUT2D eigenvalue weighted by molar-refractivity contribution is 6.30. The Balaban J connectivity index is 0.000000711. The van der Waals surface area contributed by atoms with Gasteiger partial charge in [-0.2, -0.15) is 0 Å². The molecule has 102 valence electrons. The van der Waals surface area contributed by atoms with Gasteiger partial charge >= 0.3 is 25.2 Å². The molecule has 5 N–H and O–H groups in total. The lowest BCUT2D eigenvalue weighted by Gasteiger charge is -2.03. The van der Waals surface area contributed by atoms with Crippen molar-refractivity contribution in [3.8, 4) is 5.75 Å². The van der Waals surface area contributed by atoms with Crippen LogP contribution in [0.15, 0.2) is 24.3 Å². The second-order valence-electron chi connectivity index (χ2n) is 2.84. The third-order valence-electron chi connectivity index (χ3n) is 1.49. The molecule has 9 nitrogen and oxygen atoms in total. The molecule has 0 saturated carbocycles. The van der Waals surface area contributed by atoms with Crippen LogP contribution in [-0.2, 0) is 9.59 Å². The highest BCUT2D eigenvalue weighted by Crippen LogP contribution is 2.17. The van der Waals surface area contributed by atoms with Crippen LogP contribution >= 0.6 is 0 Å². The molecule has 0 amide bonds. The topological polar surface area (TPSA) is 162 Å². The predicted octanol–water partition coefficient (Wildman–Crippen LogP) is -1.68. The largest absolute Gasteiger partial charge is 0.631 e. The maximum Gasteiger partial charge on any atom is 0.631 e. The summed E-state index contributed by atoms with van der Waals surface area (Å²) in [5.41, 5.74) is -0.271. The van der Waals surface area contributed by atoms with Gasteiger partial charge in [0, 0.05) is 0 Å². The molecule has 1 aromatic rings. The van der Waals surface area contributed by atoms with Crippen molar-refractivity contribution in [2.24, 2.45) is 0 Å². The molecule has 1 aromatic carbocycles. The Kier molecular flexibility index (Phi) is 6.82. The number of aliphatic carboxylic acids is 1. The van der Waals surface area contributed by atoms with Crippen LogP contribution in [0.2, 0.25) is 0 Å². The van der Waals surface area contributed by atoms with Crippen LogP contribution in [0.25, 0.3) is 0 Å². The van der Waals surface area contributed by atoms with Crippen LogP contribution in [0, 0.1) is 0 Å². The first kappa shape index (κ1) is 16.6. The number of para-hydroxylation sites is 1. The maximum atomic E-state index is 10.7. The number of benzene rings is 1. The molecule has 0 aliphatic heterocycles. The quantitative estimate of drug-likeness (QED) is 0.183. The molecule has 0 spiro atoms. The van der Waals surface area contributed by atoms with Crippen molar-refractivity contribution in [2.75, 3.05) is 0 Å². The molecular weight excluding hydrogens is 263 g/mol. The van der Waals surface area contributed by atoms with Crippen LogP contribution in [0.5, 0.6) is 5.75 Å². The van der Waals surface area contributed by atoms with Gasteiger partial charge in [0.15, 0.2) is 0 Å². The van der Waals surface area contributed by atoms with E-state index in [1.54, 1.807) is 0 Å². The van der Waals surface area contributed by atoms with Gasteiger partial charge < -0.3 is 30.0 Å². The second-order valence-corrected chi connectivity index (χ2v) is 2.84. The molecular formula is C9H9BO9. The third kappa shape index (κ3) is 6.78. The number of carbonyl (C=O) groups excluding carboxylic acids is 1. The summed E-state index contributed by atoms with van der Waals surface area (Å²) in [6.07, 6.45) is 0. The minimum Gasteiger partial charge on any atom is -0.478 e. The van der Waals surface area contributed by atoms with Crippen molar-refractivity contribution in [3.63, 3.8) is 0 Å². The second kappa shape index (κ2) is 7.82. The van der Waals surface area contributed by atoms with Crippen molar-refractivity contribution >= 4 is 25.2 Å². The highest BCUT2D eigenvalue weighted by Gasteiger charge is 2.18. The number of carboxylic acids is 2. The van der Waals surface area contributed by atoms with Gasteiger partial charge in [0.25, 0.3) is 0 Å². The highest BCUT2D eigenvalue weighted by atomic mass is 16.6. The summed E-state index contributed by atoms with van der Waals surface area (Å²) in [7, 11) is -2.17. The number of carboxylic acid groups (broad SMARTS) is 2. The van der Waals surface area contributed by atoms with E-state index in [1.165, 1.54) is 24.3 Å². The molecule has 0 saturated heterocycles. The first-order valence-electron chi connectivity index (χ1n) is 4.57. The molecule has 19 heavy (non-hydrogen) atoms. The molecule has 10 heteroatoms. The summed E-state index contributed by atoms with van der Waals surface area (Å²) in [4.78, 5) is 31.5. The van der Waals surface area contributed by atoms with E-state index in [-0.39, 0.29) is 11.3 Å². The fourth-order valence-electron chi connectivity index (χ4n) is 0.876. The first-order chi connectivity index (χ1) is 8.75. The van der Waals surface area contributed by atoms with Gasteiger partial charge in [0.1, 0.15) is 11.3 Å². The number of aromatic carboxylic acids is 1. The van der Waals surface area contributed by atoms with E-state index in [0.29, 0.717) is 0 Å². The maximum absolute atomic E-state index is 10.7. The average Bonchev–Trinajstić information content (AvgIpc) is 2.28. The average molecular weight is 272 g/mol. The summed E-state index contributed by atoms with van der Waals surface area (Å²) < 4.78 is 4.35. The number of ether oxygens (including phenoxy) is 1. The lowest BCUT2D eigenvalue weighted by Crippen LogP contribution is -2.20. The Hall–Kier alpha value is -2.43. The first-order valence-corrected chi connectivity index (χ1v) is 4.57. The molecule has 0 aliphatic rings. The zero-order chi connectivity index (χ0) is 15.0. The van der Waals surface area contributed by atoms with Crippen molar-refractivity contribution in [1.82, 2.24) is 0 Å². The fraction of sp³-hybridized carbons (Fsp3) is 0. The van der Waals surface area contributed by atoms with Gasteiger partial charge in [0.2, 0.25) is 0 Å². The Labute approximate surface area is 106 Å². The Morgan fingerprint density at radius 3 is 1.89 bits per heavy atom. The molecule has 0 unspecified atom stereocenters. The van der Waals surface area contributed by atoms with E-state index in [0.717, 1.165) is 0 Å². The van der Waals surface area contributed by atoms with Crippen LogP contribution in [0.3, 0.4) is 0 Å². The molecule has 0 fully saturated rings. The Bertz CT molecular complexity index is 468. The van der Waals surface area contributed by atoms with Crippen molar-refractivity contribution in [3.05, 3.63) is 29.8 Å². The summed E-state index contributed by atoms with van der Waals surface area (Å²) in [5, 5.41) is 38.4. The van der Waals surface area contributed by atoms with E-state index >= 15 is 0 Å². The number of esters is 1. The van der Waals surface area contributed by atoms with E-state index in [9.17, 15) is 14.4 Å². The summed E-state index contributed by atoms with van der Waals surface area (Å²) in [6.45, 7) is 0. The van der Waals surface area contributed by atoms with Crippen LogP contribution < -0.4 is 4.74 Å². The summed E-state index contributed by atoms with van der Waals surface area (Å²) in [5.74, 6) is -4.90.